The number of halogens is 4. The predicted molar refractivity (Wildman–Crippen MR) is 123 cm³/mol. The average molecular weight is 566 g/mol. The molecule has 0 unspecified atom stereocenters. The molecule has 0 bridgehead atoms. The number of hydrogen-bond acceptors (Lipinski definition) is 9. The first kappa shape index (κ1) is 27.1. The van der Waals surface area contributed by atoms with Crippen LogP contribution in [0.5, 0.6) is 17.4 Å². The van der Waals surface area contributed by atoms with Crippen molar-refractivity contribution in [1.29, 1.82) is 0 Å². The first-order valence-corrected chi connectivity index (χ1v) is 11.8. The van der Waals surface area contributed by atoms with Gasteiger partial charge in [0.2, 0.25) is 5.88 Å². The van der Waals surface area contributed by atoms with Crippen molar-refractivity contribution in [2.75, 3.05) is 6.61 Å². The summed E-state index contributed by atoms with van der Waals surface area (Å²) in [6.07, 6.45) is -2.56. The van der Waals surface area contributed by atoms with Crippen molar-refractivity contribution in [3.05, 3.63) is 73.2 Å². The molecule has 36 heavy (non-hydrogen) atoms. The Morgan fingerprint density at radius 1 is 1.25 bits per heavy atom. The SMILES string of the molecule is C=C(CCO)NS(=O)(=O)c1cc(Oc2c(Cl)cc(-n3nc(C(F)F)c(=O)[nH]c3=O)cc2Cl)ncc1O. The molecule has 3 rings (SSSR count). The zero-order chi connectivity index (χ0) is 26.8. The molecule has 17 heteroatoms. The van der Waals surface area contributed by atoms with Crippen molar-refractivity contribution in [3.8, 4) is 23.1 Å². The van der Waals surface area contributed by atoms with E-state index in [4.69, 9.17) is 33.0 Å². The normalized spacial score (nSPS) is 11.5. The zero-order valence-electron chi connectivity index (χ0n) is 17.7. The standard InChI is InChI=1S/C19H15Cl2F2N5O7S/c1-8(2-3-29)27-36(33,34)13-6-14(24-7-12(13)30)35-16-10(20)4-9(5-11(16)21)28-19(32)25-18(31)15(26-28)17(22)23/h4-7,17,27,29-30H,1-3H2,(H,25,31,32). The number of aromatic hydroxyl groups is 1. The maximum absolute atomic E-state index is 13.0. The van der Waals surface area contributed by atoms with Crippen LogP contribution in [0, 0.1) is 0 Å². The van der Waals surface area contributed by atoms with E-state index in [1.54, 1.807) is 4.98 Å². The summed E-state index contributed by atoms with van der Waals surface area (Å²) in [5, 5.41) is 21.7. The summed E-state index contributed by atoms with van der Waals surface area (Å²) in [5.41, 5.74) is -3.95. The summed E-state index contributed by atoms with van der Waals surface area (Å²) in [5.74, 6) is -1.37. The average Bonchev–Trinajstić information content (AvgIpc) is 2.76. The Morgan fingerprint density at radius 2 is 1.89 bits per heavy atom. The molecule has 0 radical (unpaired) electrons. The van der Waals surface area contributed by atoms with Gasteiger partial charge in [-0.05, 0) is 12.1 Å². The van der Waals surface area contributed by atoms with E-state index in [0.717, 1.165) is 24.4 Å². The van der Waals surface area contributed by atoms with Gasteiger partial charge in [0, 0.05) is 24.8 Å². The number of hydrogen-bond donors (Lipinski definition) is 4. The van der Waals surface area contributed by atoms with E-state index in [-0.39, 0.29) is 46.1 Å². The molecular weight excluding hydrogens is 551 g/mol. The smallest absolute Gasteiger partial charge is 0.349 e. The number of rotatable bonds is 9. The molecule has 0 fully saturated rings. The van der Waals surface area contributed by atoms with E-state index in [1.807, 2.05) is 0 Å². The second-order valence-electron chi connectivity index (χ2n) is 6.87. The third-order valence-electron chi connectivity index (χ3n) is 4.30. The van der Waals surface area contributed by atoms with Crippen LogP contribution in [0.25, 0.3) is 5.69 Å². The number of alkyl halides is 2. The molecule has 0 saturated heterocycles. The number of sulfonamides is 1. The first-order valence-electron chi connectivity index (χ1n) is 9.53. The molecule has 0 spiro atoms. The molecule has 3 aromatic rings. The van der Waals surface area contributed by atoms with Crippen molar-refractivity contribution in [3.63, 3.8) is 0 Å². The van der Waals surface area contributed by atoms with Crippen molar-refractivity contribution < 1.29 is 32.1 Å². The van der Waals surface area contributed by atoms with Crippen LogP contribution >= 0.6 is 23.2 Å². The predicted octanol–water partition coefficient (Wildman–Crippen LogP) is 2.23. The Kier molecular flexibility index (Phi) is 7.98. The molecular formula is C19H15Cl2F2N5O7S. The van der Waals surface area contributed by atoms with Gasteiger partial charge in [-0.3, -0.25) is 14.5 Å². The van der Waals surface area contributed by atoms with E-state index in [1.165, 1.54) is 0 Å². The lowest BCUT2D eigenvalue weighted by Crippen LogP contribution is -2.34. The summed E-state index contributed by atoms with van der Waals surface area (Å²) < 4.78 is 59.1. The highest BCUT2D eigenvalue weighted by Crippen LogP contribution is 2.38. The molecule has 2 aromatic heterocycles. The van der Waals surface area contributed by atoms with Crippen molar-refractivity contribution >= 4 is 33.2 Å². The van der Waals surface area contributed by atoms with E-state index in [0.29, 0.717) is 4.68 Å². The van der Waals surface area contributed by atoms with Gasteiger partial charge in [0.1, 0.15) is 4.90 Å². The van der Waals surface area contributed by atoms with Crippen LogP contribution < -0.4 is 20.7 Å². The van der Waals surface area contributed by atoms with Gasteiger partial charge >= 0.3 is 5.69 Å². The van der Waals surface area contributed by atoms with Crippen LogP contribution in [0.15, 0.2) is 51.2 Å². The monoisotopic (exact) mass is 565 g/mol. The van der Waals surface area contributed by atoms with Crippen LogP contribution in [-0.4, -0.2) is 45.0 Å². The molecule has 0 amide bonds. The fraction of sp³-hybridized carbons (Fsp3) is 0.158. The molecule has 1 aromatic carbocycles. The first-order chi connectivity index (χ1) is 16.8. The van der Waals surface area contributed by atoms with Gasteiger partial charge in [0.15, 0.2) is 17.2 Å². The topological polar surface area (TPSA) is 176 Å². The van der Waals surface area contributed by atoms with Crippen LogP contribution in [0.2, 0.25) is 10.0 Å². The molecule has 0 aliphatic carbocycles. The number of aliphatic hydroxyl groups excluding tert-OH is 1. The number of H-pyrrole nitrogens is 1. The zero-order valence-corrected chi connectivity index (χ0v) is 20.0. The minimum atomic E-state index is -4.34. The van der Waals surface area contributed by atoms with Crippen LogP contribution in [0.1, 0.15) is 18.5 Å². The molecule has 4 N–H and O–H groups in total. The number of nitrogens with one attached hydrogen (secondary N) is 2. The molecule has 192 valence electrons. The minimum absolute atomic E-state index is 0.0426. The number of pyridine rings is 1. The number of aromatic amines is 1. The van der Waals surface area contributed by atoms with E-state index >= 15 is 0 Å². The minimum Gasteiger partial charge on any atom is -0.505 e. The molecule has 0 aliphatic rings. The van der Waals surface area contributed by atoms with Gasteiger partial charge in [-0.2, -0.15) is 9.78 Å². The number of aliphatic hydroxyl groups is 1. The highest BCUT2D eigenvalue weighted by atomic mass is 35.5. The van der Waals surface area contributed by atoms with Crippen LogP contribution in [0.3, 0.4) is 0 Å². The lowest BCUT2D eigenvalue weighted by molar-refractivity contribution is 0.141. The second kappa shape index (κ2) is 10.6. The van der Waals surface area contributed by atoms with Gasteiger partial charge in [0.25, 0.3) is 22.0 Å². The maximum atomic E-state index is 13.0. The summed E-state index contributed by atoms with van der Waals surface area (Å²) in [6, 6.07) is 2.97. The number of ether oxygens (including phenoxy) is 1. The summed E-state index contributed by atoms with van der Waals surface area (Å²) >= 11 is 12.3. The Bertz CT molecular complexity index is 1540. The summed E-state index contributed by atoms with van der Waals surface area (Å²) in [4.78, 5) is 28.4. The van der Waals surface area contributed by atoms with Crippen molar-refractivity contribution in [1.82, 2.24) is 24.5 Å². The summed E-state index contributed by atoms with van der Waals surface area (Å²) in [6.45, 7) is 3.09. The Morgan fingerprint density at radius 3 is 2.47 bits per heavy atom. The number of nitrogens with zero attached hydrogens (tertiary/aromatic N) is 3. The lowest BCUT2D eigenvalue weighted by atomic mass is 10.3. The highest BCUT2D eigenvalue weighted by Gasteiger charge is 2.23. The molecule has 0 aliphatic heterocycles. The quantitative estimate of drug-likeness (QED) is 0.303. The van der Waals surface area contributed by atoms with Crippen molar-refractivity contribution in [2.45, 2.75) is 17.7 Å². The molecule has 0 atom stereocenters. The third kappa shape index (κ3) is 5.81. The molecule has 0 saturated carbocycles. The van der Waals surface area contributed by atoms with Crippen molar-refractivity contribution in [2.24, 2.45) is 0 Å². The summed E-state index contributed by atoms with van der Waals surface area (Å²) in [7, 11) is -4.34. The molecule has 2 heterocycles. The Labute approximate surface area is 210 Å². The van der Waals surface area contributed by atoms with E-state index < -0.39 is 44.0 Å². The van der Waals surface area contributed by atoms with Gasteiger partial charge in [-0.15, -0.1) is 0 Å². The van der Waals surface area contributed by atoms with Gasteiger partial charge < -0.3 is 14.9 Å². The molecule has 12 nitrogen and oxygen atoms in total. The third-order valence-corrected chi connectivity index (χ3v) is 6.32. The largest absolute Gasteiger partial charge is 0.505 e. The second-order valence-corrected chi connectivity index (χ2v) is 9.34. The number of benzene rings is 1. The van der Waals surface area contributed by atoms with E-state index in [2.05, 4.69) is 21.4 Å². The number of aromatic nitrogens is 4. The van der Waals surface area contributed by atoms with Crippen LogP contribution in [-0.2, 0) is 10.0 Å². The lowest BCUT2D eigenvalue weighted by Gasteiger charge is -2.14. The maximum Gasteiger partial charge on any atom is 0.349 e. The van der Waals surface area contributed by atoms with Gasteiger partial charge in [-0.25, -0.2) is 27.0 Å². The van der Waals surface area contributed by atoms with Gasteiger partial charge in [0.05, 0.1) is 21.9 Å². The highest BCUT2D eigenvalue weighted by molar-refractivity contribution is 7.89. The Hall–Kier alpha value is -3.53. The van der Waals surface area contributed by atoms with Gasteiger partial charge in [-0.1, -0.05) is 29.8 Å². The van der Waals surface area contributed by atoms with Crippen LogP contribution in [0.4, 0.5) is 8.78 Å². The van der Waals surface area contributed by atoms with E-state index in [9.17, 15) is 31.9 Å². The Balaban J connectivity index is 1.99. The fourth-order valence-electron chi connectivity index (χ4n) is 2.72. The fourth-order valence-corrected chi connectivity index (χ4v) is 4.44.